The Hall–Kier alpha value is -1.31. The Morgan fingerprint density at radius 2 is 1.74 bits per heavy atom. The standard InChI is InChI=1S/C22H30Cl2F2N4O/c23-18-2-1-3-19(20(18)24)29-12-10-28(11-13-29)9-8-16-4-6-17(7-5-16)27-21(31)30-14-22(25,26)15-30/h1-3,16-17H,4-15H2,(H,27,31)/t16-,17-. The summed E-state index contributed by atoms with van der Waals surface area (Å²) in [4.78, 5) is 18.0. The van der Waals surface area contributed by atoms with Gasteiger partial charge in [0.25, 0.3) is 5.92 Å². The zero-order valence-corrected chi connectivity index (χ0v) is 19.1. The smallest absolute Gasteiger partial charge is 0.318 e. The van der Waals surface area contributed by atoms with Crippen LogP contribution >= 0.6 is 23.2 Å². The third-order valence-electron chi connectivity index (χ3n) is 6.80. The Bertz CT molecular complexity index is 773. The summed E-state index contributed by atoms with van der Waals surface area (Å²) < 4.78 is 25.8. The molecule has 1 N–H and O–H groups in total. The summed E-state index contributed by atoms with van der Waals surface area (Å²) in [5, 5.41) is 4.15. The van der Waals surface area contributed by atoms with Gasteiger partial charge in [-0.05, 0) is 56.7 Å². The van der Waals surface area contributed by atoms with Gasteiger partial charge in [-0.2, -0.15) is 0 Å². The van der Waals surface area contributed by atoms with Crippen LogP contribution in [0.3, 0.4) is 0 Å². The highest BCUT2D eigenvalue weighted by Gasteiger charge is 2.46. The van der Waals surface area contributed by atoms with Gasteiger partial charge in [0, 0.05) is 32.2 Å². The van der Waals surface area contributed by atoms with Gasteiger partial charge >= 0.3 is 6.03 Å². The molecule has 4 rings (SSSR count). The van der Waals surface area contributed by atoms with Gasteiger partial charge in [0.2, 0.25) is 0 Å². The molecule has 31 heavy (non-hydrogen) atoms. The van der Waals surface area contributed by atoms with Crippen LogP contribution in [0.2, 0.25) is 10.0 Å². The quantitative estimate of drug-likeness (QED) is 0.670. The highest BCUT2D eigenvalue weighted by Crippen LogP contribution is 2.33. The minimum absolute atomic E-state index is 0.115. The van der Waals surface area contributed by atoms with Crippen LogP contribution in [-0.4, -0.2) is 73.6 Å². The fraction of sp³-hybridized carbons (Fsp3) is 0.682. The molecule has 1 aromatic rings. The van der Waals surface area contributed by atoms with Crippen molar-refractivity contribution >= 4 is 34.9 Å². The van der Waals surface area contributed by atoms with Gasteiger partial charge < -0.3 is 15.1 Å². The monoisotopic (exact) mass is 474 g/mol. The van der Waals surface area contributed by atoms with Crippen molar-refractivity contribution < 1.29 is 13.6 Å². The van der Waals surface area contributed by atoms with Crippen LogP contribution in [0.5, 0.6) is 0 Å². The number of nitrogens with one attached hydrogen (secondary N) is 1. The molecule has 2 amide bonds. The van der Waals surface area contributed by atoms with E-state index in [1.54, 1.807) is 0 Å². The van der Waals surface area contributed by atoms with Crippen molar-refractivity contribution in [2.45, 2.75) is 44.1 Å². The average Bonchev–Trinajstić information content (AvgIpc) is 2.74. The lowest BCUT2D eigenvalue weighted by molar-refractivity contribution is -0.110. The van der Waals surface area contributed by atoms with E-state index in [4.69, 9.17) is 23.2 Å². The molecule has 0 spiro atoms. The van der Waals surface area contributed by atoms with Crippen molar-refractivity contribution in [3.05, 3.63) is 28.2 Å². The molecular weight excluding hydrogens is 445 g/mol. The Labute approximate surface area is 192 Å². The van der Waals surface area contributed by atoms with E-state index >= 15 is 0 Å². The zero-order chi connectivity index (χ0) is 22.0. The predicted molar refractivity (Wildman–Crippen MR) is 121 cm³/mol. The third kappa shape index (κ3) is 5.74. The number of halogens is 4. The Morgan fingerprint density at radius 1 is 1.06 bits per heavy atom. The molecule has 5 nitrogen and oxygen atoms in total. The molecule has 0 aromatic heterocycles. The number of anilines is 1. The number of rotatable bonds is 5. The van der Waals surface area contributed by atoms with Crippen LogP contribution in [0.1, 0.15) is 32.1 Å². The molecule has 0 radical (unpaired) electrons. The Morgan fingerprint density at radius 3 is 2.39 bits per heavy atom. The van der Waals surface area contributed by atoms with Crippen LogP contribution in [0.15, 0.2) is 18.2 Å². The fourth-order valence-corrected chi connectivity index (χ4v) is 5.25. The summed E-state index contributed by atoms with van der Waals surface area (Å²) in [6, 6.07) is 5.55. The number of carbonyl (C=O) groups excluding carboxylic acids is 1. The van der Waals surface area contributed by atoms with E-state index in [2.05, 4.69) is 15.1 Å². The molecule has 3 fully saturated rings. The van der Waals surface area contributed by atoms with Crippen molar-refractivity contribution in [1.29, 1.82) is 0 Å². The Kier molecular flexibility index (Phi) is 7.14. The molecule has 1 saturated carbocycles. The number of hydrogen-bond donors (Lipinski definition) is 1. The van der Waals surface area contributed by atoms with E-state index in [9.17, 15) is 13.6 Å². The van der Waals surface area contributed by atoms with Crippen molar-refractivity contribution in [2.24, 2.45) is 5.92 Å². The molecule has 1 aromatic carbocycles. The van der Waals surface area contributed by atoms with Gasteiger partial charge in [0.05, 0.1) is 28.8 Å². The molecule has 172 valence electrons. The first kappa shape index (κ1) is 22.9. The zero-order valence-electron chi connectivity index (χ0n) is 17.6. The van der Waals surface area contributed by atoms with Crippen molar-refractivity contribution in [3.8, 4) is 0 Å². The number of nitrogens with zero attached hydrogens (tertiary/aromatic N) is 3. The second-order valence-corrected chi connectivity index (χ2v) is 9.85. The van der Waals surface area contributed by atoms with Crippen LogP contribution in [-0.2, 0) is 0 Å². The maximum Gasteiger partial charge on any atom is 0.318 e. The SMILES string of the molecule is O=C(N[C@H]1CC[C@H](CCN2CCN(c3cccc(Cl)c3Cl)CC2)CC1)N1CC(F)(F)C1. The largest absolute Gasteiger partial charge is 0.368 e. The van der Waals surface area contributed by atoms with Crippen molar-refractivity contribution in [2.75, 3.05) is 50.7 Å². The molecule has 2 saturated heterocycles. The first-order valence-electron chi connectivity index (χ1n) is 11.2. The molecule has 2 heterocycles. The number of urea groups is 1. The lowest BCUT2D eigenvalue weighted by Crippen LogP contribution is -2.62. The first-order valence-corrected chi connectivity index (χ1v) is 11.9. The van der Waals surface area contributed by atoms with Gasteiger partial charge in [0.1, 0.15) is 0 Å². The molecule has 0 unspecified atom stereocenters. The minimum atomic E-state index is -2.71. The summed E-state index contributed by atoms with van der Waals surface area (Å²) in [5.74, 6) is -2.04. The summed E-state index contributed by atoms with van der Waals surface area (Å²) in [5.41, 5.74) is 1.01. The lowest BCUT2D eigenvalue weighted by Gasteiger charge is -2.40. The number of likely N-dealkylation sites (tertiary alicyclic amines) is 1. The van der Waals surface area contributed by atoms with Gasteiger partial charge in [-0.3, -0.25) is 4.90 Å². The van der Waals surface area contributed by atoms with E-state index in [-0.39, 0.29) is 12.1 Å². The van der Waals surface area contributed by atoms with Gasteiger partial charge in [-0.15, -0.1) is 0 Å². The number of amides is 2. The van der Waals surface area contributed by atoms with E-state index in [0.29, 0.717) is 16.0 Å². The van der Waals surface area contributed by atoms with Crippen LogP contribution in [0, 0.1) is 5.92 Å². The molecule has 3 aliphatic rings. The summed E-state index contributed by atoms with van der Waals surface area (Å²) in [6.45, 7) is 4.07. The van der Waals surface area contributed by atoms with Crippen LogP contribution in [0.4, 0.5) is 19.3 Å². The molecule has 9 heteroatoms. The highest BCUT2D eigenvalue weighted by molar-refractivity contribution is 6.43. The van der Waals surface area contributed by atoms with Gasteiger partial charge in [-0.1, -0.05) is 29.3 Å². The van der Waals surface area contributed by atoms with E-state index in [1.807, 2.05) is 18.2 Å². The second-order valence-electron chi connectivity index (χ2n) is 9.07. The van der Waals surface area contributed by atoms with Crippen LogP contribution in [0.25, 0.3) is 0 Å². The van der Waals surface area contributed by atoms with E-state index in [0.717, 1.165) is 70.5 Å². The Balaban J connectivity index is 1.13. The number of benzene rings is 1. The minimum Gasteiger partial charge on any atom is -0.368 e. The maximum absolute atomic E-state index is 12.9. The number of piperazine rings is 1. The average molecular weight is 475 g/mol. The van der Waals surface area contributed by atoms with Crippen LogP contribution < -0.4 is 10.2 Å². The first-order chi connectivity index (χ1) is 14.8. The van der Waals surface area contributed by atoms with E-state index in [1.165, 1.54) is 4.90 Å². The summed E-state index contributed by atoms with van der Waals surface area (Å²) >= 11 is 12.5. The molecule has 2 aliphatic heterocycles. The highest BCUT2D eigenvalue weighted by atomic mass is 35.5. The summed E-state index contributed by atoms with van der Waals surface area (Å²) in [6.07, 6.45) is 5.19. The fourth-order valence-electron chi connectivity index (χ4n) is 4.83. The van der Waals surface area contributed by atoms with Crippen molar-refractivity contribution in [3.63, 3.8) is 0 Å². The van der Waals surface area contributed by atoms with Gasteiger partial charge in [-0.25, -0.2) is 13.6 Å². The third-order valence-corrected chi connectivity index (χ3v) is 7.61. The maximum atomic E-state index is 12.9. The molecule has 0 atom stereocenters. The number of alkyl halides is 2. The van der Waals surface area contributed by atoms with E-state index < -0.39 is 19.0 Å². The molecule has 0 bridgehead atoms. The molecular formula is C22H30Cl2F2N4O. The molecule has 1 aliphatic carbocycles. The lowest BCUT2D eigenvalue weighted by atomic mass is 9.84. The topological polar surface area (TPSA) is 38.8 Å². The number of hydrogen-bond acceptors (Lipinski definition) is 3. The number of carbonyl (C=O) groups is 1. The van der Waals surface area contributed by atoms with Crippen molar-refractivity contribution in [1.82, 2.24) is 15.1 Å². The second kappa shape index (κ2) is 9.67. The summed E-state index contributed by atoms with van der Waals surface area (Å²) in [7, 11) is 0. The normalized spacial score (nSPS) is 26.5. The van der Waals surface area contributed by atoms with Gasteiger partial charge in [0.15, 0.2) is 0 Å². The predicted octanol–water partition coefficient (Wildman–Crippen LogP) is 4.72.